The first-order valence-electron chi connectivity index (χ1n) is 5.73. The lowest BCUT2D eigenvalue weighted by molar-refractivity contribution is 0.605. The smallest absolute Gasteiger partial charge is 0.199 e. The number of hydrogen-bond acceptors (Lipinski definition) is 2. The molecular formula is C15H13ClO2S. The first-order valence-corrected chi connectivity index (χ1v) is 7.66. The molecule has 0 unspecified atom stereocenters. The Bertz CT molecular complexity index is 701. The minimum Gasteiger partial charge on any atom is -0.219 e. The van der Waals surface area contributed by atoms with Gasteiger partial charge in [0.15, 0.2) is 9.84 Å². The van der Waals surface area contributed by atoms with Gasteiger partial charge in [-0.3, -0.25) is 0 Å². The molecule has 2 aromatic carbocycles. The fraction of sp³-hybridized carbons (Fsp3) is 0.0667. The van der Waals surface area contributed by atoms with Gasteiger partial charge in [-0.05, 0) is 36.8 Å². The van der Waals surface area contributed by atoms with Crippen molar-refractivity contribution >= 4 is 27.5 Å². The fourth-order valence-electron chi connectivity index (χ4n) is 1.58. The van der Waals surface area contributed by atoms with Gasteiger partial charge in [-0.25, -0.2) is 8.42 Å². The second kappa shape index (κ2) is 5.59. The lowest BCUT2D eigenvalue weighted by Gasteiger charge is -2.00. The second-order valence-corrected chi connectivity index (χ2v) is 6.42. The molecule has 0 heterocycles. The summed E-state index contributed by atoms with van der Waals surface area (Å²) in [6, 6.07) is 13.8. The number of benzene rings is 2. The third-order valence-electron chi connectivity index (χ3n) is 2.68. The molecule has 0 aliphatic carbocycles. The summed E-state index contributed by atoms with van der Waals surface area (Å²) >= 11 is 5.97. The molecule has 4 heteroatoms. The van der Waals surface area contributed by atoms with E-state index in [0.717, 1.165) is 5.56 Å². The molecule has 0 spiro atoms. The van der Waals surface area contributed by atoms with Crippen LogP contribution in [0.15, 0.2) is 58.8 Å². The molecule has 0 saturated carbocycles. The van der Waals surface area contributed by atoms with Crippen LogP contribution < -0.4 is 0 Å². The summed E-state index contributed by atoms with van der Waals surface area (Å²) in [6.07, 6.45) is 1.51. The first kappa shape index (κ1) is 13.8. The molecule has 98 valence electrons. The Morgan fingerprint density at radius 3 is 2.26 bits per heavy atom. The number of rotatable bonds is 3. The van der Waals surface area contributed by atoms with E-state index in [-0.39, 0.29) is 4.90 Å². The third kappa shape index (κ3) is 3.46. The summed E-state index contributed by atoms with van der Waals surface area (Å²) in [5.41, 5.74) is 1.70. The second-order valence-electron chi connectivity index (χ2n) is 4.18. The van der Waals surface area contributed by atoms with Gasteiger partial charge >= 0.3 is 0 Å². The molecule has 0 bridgehead atoms. The maximum atomic E-state index is 12.1. The van der Waals surface area contributed by atoms with Crippen LogP contribution in [0, 0.1) is 6.92 Å². The molecule has 19 heavy (non-hydrogen) atoms. The lowest BCUT2D eigenvalue weighted by Crippen LogP contribution is -1.95. The number of halogens is 1. The summed E-state index contributed by atoms with van der Waals surface area (Å²) in [6.45, 7) is 1.91. The van der Waals surface area contributed by atoms with Crippen molar-refractivity contribution in [1.29, 1.82) is 0 Å². The molecule has 0 fully saturated rings. The predicted molar refractivity (Wildman–Crippen MR) is 78.9 cm³/mol. The Balaban J connectivity index is 2.32. The van der Waals surface area contributed by atoms with Gasteiger partial charge in [-0.1, -0.05) is 47.5 Å². The number of aryl methyl sites for hydroxylation is 1. The van der Waals surface area contributed by atoms with Gasteiger partial charge in [0.05, 0.1) is 4.90 Å². The molecule has 2 rings (SSSR count). The maximum absolute atomic E-state index is 12.1. The highest BCUT2D eigenvalue weighted by Gasteiger charge is 2.09. The van der Waals surface area contributed by atoms with Crippen LogP contribution in [0.5, 0.6) is 0 Å². The molecular weight excluding hydrogens is 280 g/mol. The maximum Gasteiger partial charge on any atom is 0.199 e. The van der Waals surface area contributed by atoms with E-state index in [9.17, 15) is 8.42 Å². The zero-order valence-corrected chi connectivity index (χ0v) is 11.9. The third-order valence-corrected chi connectivity index (χ3v) is 4.45. The van der Waals surface area contributed by atoms with Crippen LogP contribution in [0.2, 0.25) is 5.02 Å². The summed E-state index contributed by atoms with van der Waals surface area (Å²) in [4.78, 5) is 0.279. The van der Waals surface area contributed by atoms with Gasteiger partial charge in [-0.2, -0.15) is 0 Å². The number of sulfone groups is 1. The Kier molecular flexibility index (Phi) is 4.08. The van der Waals surface area contributed by atoms with Crippen LogP contribution in [-0.4, -0.2) is 8.42 Å². The highest BCUT2D eigenvalue weighted by molar-refractivity contribution is 7.94. The zero-order chi connectivity index (χ0) is 13.9. The standard InChI is InChI=1S/C15H13ClO2S/c1-12-6-8-14(9-7-12)19(17,18)11-10-13-4-2-3-5-15(13)16/h2-11H,1H3/b11-10+. The highest BCUT2D eigenvalue weighted by atomic mass is 35.5. The van der Waals surface area contributed by atoms with E-state index in [2.05, 4.69) is 0 Å². The van der Waals surface area contributed by atoms with Gasteiger partial charge in [0.25, 0.3) is 0 Å². The minimum atomic E-state index is -3.43. The van der Waals surface area contributed by atoms with Crippen LogP contribution in [0.25, 0.3) is 6.08 Å². The van der Waals surface area contributed by atoms with Crippen molar-refractivity contribution in [3.63, 3.8) is 0 Å². The van der Waals surface area contributed by atoms with Crippen molar-refractivity contribution in [3.8, 4) is 0 Å². The van der Waals surface area contributed by atoms with Crippen LogP contribution in [0.4, 0.5) is 0 Å². The SMILES string of the molecule is Cc1ccc(S(=O)(=O)/C=C/c2ccccc2Cl)cc1. The van der Waals surface area contributed by atoms with Crippen LogP contribution in [0.1, 0.15) is 11.1 Å². The molecule has 0 atom stereocenters. The molecule has 0 aliphatic rings. The van der Waals surface area contributed by atoms with Crippen molar-refractivity contribution in [2.24, 2.45) is 0 Å². The largest absolute Gasteiger partial charge is 0.219 e. The molecule has 2 nitrogen and oxygen atoms in total. The number of hydrogen-bond donors (Lipinski definition) is 0. The van der Waals surface area contributed by atoms with E-state index in [0.29, 0.717) is 10.6 Å². The normalized spacial score (nSPS) is 11.9. The first-order chi connectivity index (χ1) is 8.99. The average Bonchev–Trinajstić information content (AvgIpc) is 2.38. The van der Waals surface area contributed by atoms with Crippen LogP contribution in [-0.2, 0) is 9.84 Å². The monoisotopic (exact) mass is 292 g/mol. The molecule has 2 aromatic rings. The Labute approximate surface area is 118 Å². The molecule has 0 amide bonds. The molecule has 0 saturated heterocycles. The topological polar surface area (TPSA) is 34.1 Å². The Hall–Kier alpha value is -1.58. The summed E-state index contributed by atoms with van der Waals surface area (Å²) in [5.74, 6) is 0. The average molecular weight is 293 g/mol. The predicted octanol–water partition coefficient (Wildman–Crippen LogP) is 4.09. The van der Waals surface area contributed by atoms with E-state index < -0.39 is 9.84 Å². The van der Waals surface area contributed by atoms with Gasteiger partial charge in [0.1, 0.15) is 0 Å². The fourth-order valence-corrected chi connectivity index (χ4v) is 2.78. The van der Waals surface area contributed by atoms with E-state index in [1.807, 2.05) is 13.0 Å². The van der Waals surface area contributed by atoms with E-state index in [4.69, 9.17) is 11.6 Å². The minimum absolute atomic E-state index is 0.279. The lowest BCUT2D eigenvalue weighted by atomic mass is 10.2. The van der Waals surface area contributed by atoms with Gasteiger partial charge in [-0.15, -0.1) is 0 Å². The summed E-state index contributed by atoms with van der Waals surface area (Å²) < 4.78 is 24.2. The van der Waals surface area contributed by atoms with E-state index in [1.165, 1.54) is 11.5 Å². The van der Waals surface area contributed by atoms with Gasteiger partial charge < -0.3 is 0 Å². The van der Waals surface area contributed by atoms with Crippen molar-refractivity contribution < 1.29 is 8.42 Å². The van der Waals surface area contributed by atoms with E-state index in [1.54, 1.807) is 42.5 Å². The summed E-state index contributed by atoms with van der Waals surface area (Å²) in [5, 5.41) is 1.71. The van der Waals surface area contributed by atoms with Crippen LogP contribution in [0.3, 0.4) is 0 Å². The zero-order valence-electron chi connectivity index (χ0n) is 10.4. The molecule has 0 aromatic heterocycles. The van der Waals surface area contributed by atoms with E-state index >= 15 is 0 Å². The van der Waals surface area contributed by atoms with Crippen LogP contribution >= 0.6 is 11.6 Å². The van der Waals surface area contributed by atoms with Gasteiger partial charge in [0.2, 0.25) is 0 Å². The molecule has 0 aliphatic heterocycles. The van der Waals surface area contributed by atoms with Crippen molar-refractivity contribution in [1.82, 2.24) is 0 Å². The highest BCUT2D eigenvalue weighted by Crippen LogP contribution is 2.19. The van der Waals surface area contributed by atoms with Gasteiger partial charge in [0, 0.05) is 10.4 Å². The van der Waals surface area contributed by atoms with Crippen molar-refractivity contribution in [2.45, 2.75) is 11.8 Å². The van der Waals surface area contributed by atoms with Crippen molar-refractivity contribution in [3.05, 3.63) is 70.1 Å². The summed E-state index contributed by atoms with van der Waals surface area (Å²) in [7, 11) is -3.43. The molecule has 0 radical (unpaired) electrons. The van der Waals surface area contributed by atoms with Crippen molar-refractivity contribution in [2.75, 3.05) is 0 Å². The quantitative estimate of drug-likeness (QED) is 0.854. The Morgan fingerprint density at radius 2 is 1.63 bits per heavy atom. The Morgan fingerprint density at radius 1 is 1.00 bits per heavy atom. The molecule has 0 N–H and O–H groups in total.